The van der Waals surface area contributed by atoms with Crippen LogP contribution in [0.25, 0.3) is 0 Å². The van der Waals surface area contributed by atoms with E-state index in [9.17, 15) is 9.59 Å². The average Bonchev–Trinajstić information content (AvgIpc) is 3.38. The highest BCUT2D eigenvalue weighted by Gasteiger charge is 2.30. The Hall–Kier alpha value is -2.82. The third-order valence-corrected chi connectivity index (χ3v) is 6.07. The summed E-state index contributed by atoms with van der Waals surface area (Å²) in [5.74, 6) is 0.338. The van der Waals surface area contributed by atoms with E-state index in [4.69, 9.17) is 0 Å². The zero-order valence-electron chi connectivity index (χ0n) is 17.1. The van der Waals surface area contributed by atoms with Crippen LogP contribution < -0.4 is 4.90 Å². The van der Waals surface area contributed by atoms with Crippen molar-refractivity contribution in [1.29, 1.82) is 0 Å². The van der Waals surface area contributed by atoms with Crippen LogP contribution in [0.15, 0.2) is 54.6 Å². The fraction of sp³-hybridized carbons (Fsp3) is 0.417. The van der Waals surface area contributed by atoms with Crippen molar-refractivity contribution in [2.24, 2.45) is 0 Å². The number of rotatable bonds is 6. The van der Waals surface area contributed by atoms with Gasteiger partial charge in [-0.2, -0.15) is 0 Å². The molecular weight excluding hydrogens is 362 g/mol. The molecule has 29 heavy (non-hydrogen) atoms. The number of hydrogen-bond acceptors (Lipinski definition) is 3. The van der Waals surface area contributed by atoms with Gasteiger partial charge in [0.1, 0.15) is 0 Å². The van der Waals surface area contributed by atoms with Gasteiger partial charge in [-0.3, -0.25) is 9.59 Å². The lowest BCUT2D eigenvalue weighted by atomic mass is 10.1. The van der Waals surface area contributed by atoms with Gasteiger partial charge in [0.2, 0.25) is 5.91 Å². The zero-order chi connectivity index (χ0) is 20.2. The second kappa shape index (κ2) is 8.68. The van der Waals surface area contributed by atoms with Gasteiger partial charge in [-0.1, -0.05) is 30.3 Å². The summed E-state index contributed by atoms with van der Waals surface area (Å²) in [7, 11) is 2.09. The second-order valence-corrected chi connectivity index (χ2v) is 8.13. The highest BCUT2D eigenvalue weighted by molar-refractivity contribution is 5.94. The van der Waals surface area contributed by atoms with Gasteiger partial charge in [0.05, 0.1) is 0 Å². The summed E-state index contributed by atoms with van der Waals surface area (Å²) in [4.78, 5) is 31.1. The quantitative estimate of drug-likeness (QED) is 0.756. The molecule has 0 aliphatic carbocycles. The zero-order valence-corrected chi connectivity index (χ0v) is 17.1. The Morgan fingerprint density at radius 2 is 1.79 bits per heavy atom. The van der Waals surface area contributed by atoms with E-state index < -0.39 is 0 Å². The molecule has 4 rings (SSSR count). The molecule has 2 aliphatic heterocycles. The fourth-order valence-corrected chi connectivity index (χ4v) is 4.41. The molecule has 0 radical (unpaired) electrons. The monoisotopic (exact) mass is 391 g/mol. The molecule has 5 heteroatoms. The van der Waals surface area contributed by atoms with Gasteiger partial charge in [-0.05, 0) is 49.1 Å². The lowest BCUT2D eigenvalue weighted by molar-refractivity contribution is -0.128. The second-order valence-electron chi connectivity index (χ2n) is 8.13. The predicted molar refractivity (Wildman–Crippen MR) is 115 cm³/mol. The van der Waals surface area contributed by atoms with Gasteiger partial charge < -0.3 is 14.7 Å². The van der Waals surface area contributed by atoms with Gasteiger partial charge >= 0.3 is 0 Å². The van der Waals surface area contributed by atoms with Crippen LogP contribution in [-0.2, 0) is 11.3 Å². The third kappa shape index (κ3) is 4.44. The molecule has 2 amide bonds. The fourth-order valence-electron chi connectivity index (χ4n) is 4.41. The number of carbonyl (C=O) groups is 2. The largest absolute Gasteiger partial charge is 0.373 e. The van der Waals surface area contributed by atoms with Gasteiger partial charge in [0.25, 0.3) is 5.91 Å². The molecule has 5 nitrogen and oxygen atoms in total. The molecule has 0 bridgehead atoms. The molecule has 152 valence electrons. The first kappa shape index (κ1) is 19.5. The number of anilines is 1. The molecule has 2 aromatic carbocycles. The molecule has 0 spiro atoms. The first-order chi connectivity index (χ1) is 14.1. The van der Waals surface area contributed by atoms with Crippen LogP contribution in [0, 0.1) is 0 Å². The Balaban J connectivity index is 1.39. The highest BCUT2D eigenvalue weighted by atomic mass is 16.2. The smallest absolute Gasteiger partial charge is 0.254 e. The summed E-state index contributed by atoms with van der Waals surface area (Å²) in [5.41, 5.74) is 2.99. The first-order valence-electron chi connectivity index (χ1n) is 10.6. The third-order valence-electron chi connectivity index (χ3n) is 6.07. The minimum Gasteiger partial charge on any atom is -0.373 e. The summed E-state index contributed by atoms with van der Waals surface area (Å²) in [5, 5.41) is 0. The molecule has 2 fully saturated rings. The Labute approximate surface area is 172 Å². The van der Waals surface area contributed by atoms with Crippen molar-refractivity contribution >= 4 is 17.5 Å². The number of para-hydroxylation sites is 1. The van der Waals surface area contributed by atoms with Crippen molar-refractivity contribution in [2.45, 2.75) is 38.3 Å². The molecule has 2 aromatic rings. The van der Waals surface area contributed by atoms with E-state index in [-0.39, 0.29) is 17.9 Å². The Morgan fingerprint density at radius 3 is 2.48 bits per heavy atom. The first-order valence-corrected chi connectivity index (χ1v) is 10.6. The van der Waals surface area contributed by atoms with E-state index in [0.717, 1.165) is 50.0 Å². The van der Waals surface area contributed by atoms with E-state index in [1.54, 1.807) is 0 Å². The number of amides is 2. The summed E-state index contributed by atoms with van der Waals surface area (Å²) in [6, 6.07) is 18.3. The maximum Gasteiger partial charge on any atom is 0.254 e. The van der Waals surface area contributed by atoms with Crippen molar-refractivity contribution in [3.63, 3.8) is 0 Å². The van der Waals surface area contributed by atoms with E-state index in [1.807, 2.05) is 52.3 Å². The minimum absolute atomic E-state index is 0.109. The van der Waals surface area contributed by atoms with Crippen LogP contribution in [0.2, 0.25) is 0 Å². The van der Waals surface area contributed by atoms with E-state index in [0.29, 0.717) is 13.0 Å². The van der Waals surface area contributed by atoms with Crippen LogP contribution in [0.4, 0.5) is 5.69 Å². The number of carbonyl (C=O) groups excluding carboxylic acids is 2. The van der Waals surface area contributed by atoms with Crippen molar-refractivity contribution in [1.82, 2.24) is 9.80 Å². The molecule has 2 heterocycles. The number of hydrogen-bond donors (Lipinski definition) is 0. The van der Waals surface area contributed by atoms with Gasteiger partial charge in [0.15, 0.2) is 0 Å². The van der Waals surface area contributed by atoms with E-state index in [2.05, 4.69) is 24.1 Å². The summed E-state index contributed by atoms with van der Waals surface area (Å²) in [6.07, 6.45) is 3.69. The SMILES string of the molecule is CN(CC1CCCN1C(=O)c1ccc(CN2CCCC2=O)cc1)c1ccccc1. The molecule has 0 N–H and O–H groups in total. The Kier molecular flexibility index (Phi) is 5.84. The van der Waals surface area contributed by atoms with Gasteiger partial charge in [-0.25, -0.2) is 0 Å². The maximum atomic E-state index is 13.1. The number of likely N-dealkylation sites (N-methyl/N-ethyl adjacent to an activating group) is 1. The van der Waals surface area contributed by atoms with Crippen LogP contribution in [0.3, 0.4) is 0 Å². The lowest BCUT2D eigenvalue weighted by Crippen LogP contribution is -2.42. The van der Waals surface area contributed by atoms with Crippen LogP contribution >= 0.6 is 0 Å². The van der Waals surface area contributed by atoms with E-state index in [1.165, 1.54) is 5.69 Å². The van der Waals surface area contributed by atoms with Gasteiger partial charge in [0, 0.05) is 56.9 Å². The summed E-state index contributed by atoms with van der Waals surface area (Å²) >= 11 is 0. The molecule has 2 aliphatic rings. The standard InChI is InChI=1S/C24H29N3O2/c1-25(21-7-3-2-4-8-21)18-22-9-5-16-27(22)24(29)20-13-11-19(12-14-20)17-26-15-6-10-23(26)28/h2-4,7-8,11-14,22H,5-6,9-10,15-18H2,1H3. The van der Waals surface area contributed by atoms with Crippen LogP contribution in [0.5, 0.6) is 0 Å². The molecule has 1 unspecified atom stereocenters. The molecule has 0 saturated carbocycles. The van der Waals surface area contributed by atoms with Crippen molar-refractivity contribution in [3.05, 3.63) is 65.7 Å². The Morgan fingerprint density at radius 1 is 1.03 bits per heavy atom. The highest BCUT2D eigenvalue weighted by Crippen LogP contribution is 2.23. The normalized spacial score (nSPS) is 19.1. The number of likely N-dealkylation sites (tertiary alicyclic amines) is 2. The topological polar surface area (TPSA) is 43.9 Å². The molecule has 2 saturated heterocycles. The summed E-state index contributed by atoms with van der Waals surface area (Å²) in [6.45, 7) is 3.13. The molecule has 1 atom stereocenters. The Bertz CT molecular complexity index is 850. The lowest BCUT2D eigenvalue weighted by Gasteiger charge is -2.30. The maximum absolute atomic E-state index is 13.1. The number of benzene rings is 2. The van der Waals surface area contributed by atoms with Crippen molar-refractivity contribution < 1.29 is 9.59 Å². The van der Waals surface area contributed by atoms with Gasteiger partial charge in [-0.15, -0.1) is 0 Å². The van der Waals surface area contributed by atoms with Crippen LogP contribution in [0.1, 0.15) is 41.6 Å². The minimum atomic E-state index is 0.109. The summed E-state index contributed by atoms with van der Waals surface area (Å²) < 4.78 is 0. The van der Waals surface area contributed by atoms with Crippen LogP contribution in [-0.4, -0.2) is 54.3 Å². The predicted octanol–water partition coefficient (Wildman–Crippen LogP) is 3.55. The van der Waals surface area contributed by atoms with Crippen molar-refractivity contribution in [3.8, 4) is 0 Å². The van der Waals surface area contributed by atoms with E-state index >= 15 is 0 Å². The number of nitrogens with zero attached hydrogens (tertiary/aromatic N) is 3. The molecule has 0 aromatic heterocycles. The molecular formula is C24H29N3O2. The average molecular weight is 392 g/mol. The van der Waals surface area contributed by atoms with Crippen molar-refractivity contribution in [2.75, 3.05) is 31.6 Å².